The molecule has 0 aliphatic carbocycles. The second-order valence-corrected chi connectivity index (χ2v) is 4.12. The third-order valence-corrected chi connectivity index (χ3v) is 2.82. The predicted molar refractivity (Wildman–Crippen MR) is 76.3 cm³/mol. The van der Waals surface area contributed by atoms with Crippen molar-refractivity contribution in [1.29, 1.82) is 0 Å². The molecule has 0 bridgehead atoms. The summed E-state index contributed by atoms with van der Waals surface area (Å²) in [6.07, 6.45) is 0. The maximum atomic E-state index is 8.75. The summed E-state index contributed by atoms with van der Waals surface area (Å²) >= 11 is 0. The molecule has 2 aromatic rings. The minimum absolute atomic E-state index is 0.0235. The highest BCUT2D eigenvalue weighted by molar-refractivity contribution is 5.99. The standard InChI is InChI=1S/C15H16N2O3/c1-19-12-8-6-11(7-9-12)10-20-14-5-3-2-4-13(14)15(16)17-18/h2-9,18H,10H2,1H3,(H2,16,17). The minimum atomic E-state index is 0.0235. The van der Waals surface area contributed by atoms with Crippen LogP contribution in [0.1, 0.15) is 11.1 Å². The topological polar surface area (TPSA) is 77.1 Å². The van der Waals surface area contributed by atoms with E-state index in [-0.39, 0.29) is 5.84 Å². The van der Waals surface area contributed by atoms with Crippen molar-refractivity contribution in [3.8, 4) is 11.5 Å². The van der Waals surface area contributed by atoms with Crippen molar-refractivity contribution in [3.63, 3.8) is 0 Å². The van der Waals surface area contributed by atoms with Crippen LogP contribution >= 0.6 is 0 Å². The molecule has 0 aromatic heterocycles. The van der Waals surface area contributed by atoms with Crippen LogP contribution in [0.4, 0.5) is 0 Å². The zero-order valence-electron chi connectivity index (χ0n) is 11.1. The molecule has 3 N–H and O–H groups in total. The predicted octanol–water partition coefficient (Wildman–Crippen LogP) is 2.37. The monoisotopic (exact) mass is 272 g/mol. The van der Waals surface area contributed by atoms with Gasteiger partial charge >= 0.3 is 0 Å². The summed E-state index contributed by atoms with van der Waals surface area (Å²) in [4.78, 5) is 0. The van der Waals surface area contributed by atoms with Gasteiger partial charge in [0, 0.05) is 0 Å². The number of oxime groups is 1. The second kappa shape index (κ2) is 6.47. The van der Waals surface area contributed by atoms with Gasteiger partial charge < -0.3 is 20.4 Å². The molecule has 0 unspecified atom stereocenters. The van der Waals surface area contributed by atoms with E-state index < -0.39 is 0 Å². The van der Waals surface area contributed by atoms with Gasteiger partial charge in [-0.15, -0.1) is 0 Å². The minimum Gasteiger partial charge on any atom is -0.497 e. The van der Waals surface area contributed by atoms with E-state index in [2.05, 4.69) is 5.16 Å². The van der Waals surface area contributed by atoms with Crippen molar-refractivity contribution in [2.75, 3.05) is 7.11 Å². The molecule has 0 saturated carbocycles. The number of methoxy groups -OCH3 is 1. The molecule has 0 atom stereocenters. The van der Waals surface area contributed by atoms with Crippen molar-refractivity contribution in [1.82, 2.24) is 0 Å². The summed E-state index contributed by atoms with van der Waals surface area (Å²) in [6, 6.07) is 14.7. The summed E-state index contributed by atoms with van der Waals surface area (Å²) in [5, 5.41) is 11.7. The van der Waals surface area contributed by atoms with Crippen molar-refractivity contribution in [3.05, 3.63) is 59.7 Å². The first-order valence-corrected chi connectivity index (χ1v) is 6.07. The number of amidine groups is 1. The molecular weight excluding hydrogens is 256 g/mol. The van der Waals surface area contributed by atoms with Crippen LogP contribution in [0.2, 0.25) is 0 Å². The molecule has 5 heteroatoms. The fourth-order valence-electron chi connectivity index (χ4n) is 1.74. The highest BCUT2D eigenvalue weighted by Gasteiger charge is 2.07. The third-order valence-electron chi connectivity index (χ3n) is 2.82. The highest BCUT2D eigenvalue weighted by atomic mass is 16.5. The smallest absolute Gasteiger partial charge is 0.173 e. The number of para-hydroxylation sites is 1. The summed E-state index contributed by atoms with van der Waals surface area (Å²) < 4.78 is 10.8. The van der Waals surface area contributed by atoms with E-state index in [0.717, 1.165) is 11.3 Å². The van der Waals surface area contributed by atoms with Crippen LogP contribution in [0.3, 0.4) is 0 Å². The van der Waals surface area contributed by atoms with E-state index in [4.69, 9.17) is 20.4 Å². The van der Waals surface area contributed by atoms with Gasteiger partial charge in [-0.25, -0.2) is 0 Å². The summed E-state index contributed by atoms with van der Waals surface area (Å²) in [6.45, 7) is 0.389. The maximum absolute atomic E-state index is 8.75. The zero-order valence-corrected chi connectivity index (χ0v) is 11.1. The molecule has 0 radical (unpaired) electrons. The molecule has 0 heterocycles. The molecular formula is C15H16N2O3. The van der Waals surface area contributed by atoms with Gasteiger partial charge in [0.15, 0.2) is 5.84 Å². The lowest BCUT2D eigenvalue weighted by atomic mass is 10.2. The summed E-state index contributed by atoms with van der Waals surface area (Å²) in [5.41, 5.74) is 7.16. The third kappa shape index (κ3) is 3.20. The van der Waals surface area contributed by atoms with Gasteiger partial charge in [0.2, 0.25) is 0 Å². The number of nitrogens with zero attached hydrogens (tertiary/aromatic N) is 1. The van der Waals surface area contributed by atoms with Crippen LogP contribution in [0.5, 0.6) is 11.5 Å². The Morgan fingerprint density at radius 1 is 1.15 bits per heavy atom. The van der Waals surface area contributed by atoms with Gasteiger partial charge in [-0.2, -0.15) is 0 Å². The molecule has 2 rings (SSSR count). The molecule has 0 aliphatic heterocycles. The van der Waals surface area contributed by atoms with Gasteiger partial charge in [0.1, 0.15) is 18.1 Å². The van der Waals surface area contributed by atoms with E-state index in [9.17, 15) is 0 Å². The van der Waals surface area contributed by atoms with Crippen molar-refractivity contribution in [2.45, 2.75) is 6.61 Å². The molecule has 0 saturated heterocycles. The molecule has 2 aromatic carbocycles. The lowest BCUT2D eigenvalue weighted by Crippen LogP contribution is -2.14. The number of nitrogens with two attached hydrogens (primary N) is 1. The Morgan fingerprint density at radius 3 is 2.50 bits per heavy atom. The Labute approximate surface area is 117 Å². The van der Waals surface area contributed by atoms with E-state index >= 15 is 0 Å². The van der Waals surface area contributed by atoms with Crippen LogP contribution < -0.4 is 15.2 Å². The first kappa shape index (κ1) is 13.7. The molecule has 20 heavy (non-hydrogen) atoms. The Hall–Kier alpha value is -2.69. The first-order chi connectivity index (χ1) is 9.74. The number of hydrogen-bond acceptors (Lipinski definition) is 4. The van der Waals surface area contributed by atoms with Gasteiger partial charge in [-0.1, -0.05) is 29.4 Å². The van der Waals surface area contributed by atoms with Crippen molar-refractivity contribution >= 4 is 5.84 Å². The van der Waals surface area contributed by atoms with Crippen LogP contribution in [-0.4, -0.2) is 18.2 Å². The Kier molecular flexibility index (Phi) is 4.44. The van der Waals surface area contributed by atoms with Crippen LogP contribution in [0, 0.1) is 0 Å². The van der Waals surface area contributed by atoms with Crippen LogP contribution in [0.25, 0.3) is 0 Å². The Bertz CT molecular complexity index is 594. The lowest BCUT2D eigenvalue weighted by molar-refractivity contribution is 0.303. The Balaban J connectivity index is 2.10. The molecule has 0 amide bonds. The molecule has 5 nitrogen and oxygen atoms in total. The van der Waals surface area contributed by atoms with Gasteiger partial charge in [-0.3, -0.25) is 0 Å². The molecule has 104 valence electrons. The summed E-state index contributed by atoms with van der Waals surface area (Å²) in [5.74, 6) is 1.39. The average molecular weight is 272 g/mol. The average Bonchev–Trinajstić information content (AvgIpc) is 2.53. The van der Waals surface area contributed by atoms with Gasteiger partial charge in [0.05, 0.1) is 12.7 Å². The summed E-state index contributed by atoms with van der Waals surface area (Å²) in [7, 11) is 1.62. The number of ether oxygens (including phenoxy) is 2. The van der Waals surface area contributed by atoms with Gasteiger partial charge in [0.25, 0.3) is 0 Å². The van der Waals surface area contributed by atoms with E-state index in [1.54, 1.807) is 25.3 Å². The SMILES string of the molecule is COc1ccc(COc2ccccc2/C(N)=N/O)cc1. The van der Waals surface area contributed by atoms with E-state index in [1.807, 2.05) is 30.3 Å². The first-order valence-electron chi connectivity index (χ1n) is 6.07. The fraction of sp³-hybridized carbons (Fsp3) is 0.133. The number of hydrogen-bond donors (Lipinski definition) is 2. The highest BCUT2D eigenvalue weighted by Crippen LogP contribution is 2.20. The van der Waals surface area contributed by atoms with E-state index in [0.29, 0.717) is 17.9 Å². The normalized spacial score (nSPS) is 11.2. The number of benzene rings is 2. The molecule has 0 spiro atoms. The maximum Gasteiger partial charge on any atom is 0.173 e. The largest absolute Gasteiger partial charge is 0.497 e. The molecule has 0 aliphatic rings. The van der Waals surface area contributed by atoms with E-state index in [1.165, 1.54) is 0 Å². The van der Waals surface area contributed by atoms with Crippen molar-refractivity contribution in [2.24, 2.45) is 10.9 Å². The zero-order chi connectivity index (χ0) is 14.4. The Morgan fingerprint density at radius 2 is 1.85 bits per heavy atom. The van der Waals surface area contributed by atoms with Crippen molar-refractivity contribution < 1.29 is 14.7 Å². The second-order valence-electron chi connectivity index (χ2n) is 4.12. The van der Waals surface area contributed by atoms with Crippen LogP contribution in [0.15, 0.2) is 53.7 Å². The quantitative estimate of drug-likeness (QED) is 0.379. The molecule has 0 fully saturated rings. The lowest BCUT2D eigenvalue weighted by Gasteiger charge is -2.10. The number of rotatable bonds is 5. The fourth-order valence-corrected chi connectivity index (χ4v) is 1.74. The van der Waals surface area contributed by atoms with Gasteiger partial charge in [-0.05, 0) is 29.8 Å². The van der Waals surface area contributed by atoms with Crippen LogP contribution in [-0.2, 0) is 6.61 Å².